The first-order valence-electron chi connectivity index (χ1n) is 5.98. The Kier molecular flexibility index (Phi) is 3.86. The van der Waals surface area contributed by atoms with Crippen LogP contribution < -0.4 is 10.5 Å². The van der Waals surface area contributed by atoms with Crippen LogP contribution in [0.15, 0.2) is 23.1 Å². The number of nitrogens with two attached hydrogens (primary N) is 1. The Hall–Kier alpha value is -1.47. The van der Waals surface area contributed by atoms with Gasteiger partial charge >= 0.3 is 0 Å². The Morgan fingerprint density at radius 3 is 2.63 bits per heavy atom. The summed E-state index contributed by atoms with van der Waals surface area (Å²) in [7, 11) is -3.96. The molecule has 19 heavy (non-hydrogen) atoms. The van der Waals surface area contributed by atoms with Crippen LogP contribution in [0.1, 0.15) is 29.6 Å². The van der Waals surface area contributed by atoms with Crippen molar-refractivity contribution in [3.05, 3.63) is 29.6 Å². The third-order valence-corrected chi connectivity index (χ3v) is 3.96. The zero-order valence-corrected chi connectivity index (χ0v) is 11.0. The number of amides is 1. The summed E-state index contributed by atoms with van der Waals surface area (Å²) in [6.07, 6.45) is 3.27. The summed E-state index contributed by atoms with van der Waals surface area (Å²) in [4.78, 5) is 11.3. The number of primary sulfonamides is 1. The quantitative estimate of drug-likeness (QED) is 0.846. The molecule has 0 atom stereocenters. The predicted octanol–water partition coefficient (Wildman–Crippen LogP) is 1.00. The topological polar surface area (TPSA) is 89.3 Å². The Morgan fingerprint density at radius 2 is 2.11 bits per heavy atom. The molecule has 0 heterocycles. The minimum atomic E-state index is -3.96. The number of carbonyl (C=O) groups is 1. The summed E-state index contributed by atoms with van der Waals surface area (Å²) in [5.41, 5.74) is -0.178. The first-order valence-corrected chi connectivity index (χ1v) is 7.53. The summed E-state index contributed by atoms with van der Waals surface area (Å²) in [5.74, 6) is -0.760. The van der Waals surface area contributed by atoms with Gasteiger partial charge in [0.05, 0.1) is 10.5 Å². The molecule has 5 nitrogen and oxygen atoms in total. The minimum Gasteiger partial charge on any atom is -0.352 e. The molecule has 0 spiro atoms. The van der Waals surface area contributed by atoms with Gasteiger partial charge in [0.25, 0.3) is 5.91 Å². The highest BCUT2D eigenvalue weighted by Crippen LogP contribution is 2.31. The maximum atomic E-state index is 13.6. The Bertz CT molecular complexity index is 597. The van der Waals surface area contributed by atoms with Crippen LogP contribution in [0.5, 0.6) is 0 Å². The lowest BCUT2D eigenvalue weighted by molar-refractivity contribution is 0.0948. The second kappa shape index (κ2) is 5.26. The number of sulfonamides is 1. The van der Waals surface area contributed by atoms with Crippen molar-refractivity contribution >= 4 is 15.9 Å². The summed E-state index contributed by atoms with van der Waals surface area (Å²) in [6.45, 7) is 0.500. The standard InChI is InChI=1S/C12H15FN2O3S/c13-11-7-9(19(14,17)18)3-4-10(11)12(16)15-6-5-8-1-2-8/h3-4,7-8H,1-2,5-6H2,(H,15,16)(H2,14,17,18). The van der Waals surface area contributed by atoms with E-state index < -0.39 is 21.7 Å². The van der Waals surface area contributed by atoms with E-state index in [4.69, 9.17) is 5.14 Å². The van der Waals surface area contributed by atoms with Gasteiger partial charge in [-0.25, -0.2) is 17.9 Å². The van der Waals surface area contributed by atoms with Crippen LogP contribution in [0.4, 0.5) is 4.39 Å². The van der Waals surface area contributed by atoms with Crippen molar-refractivity contribution in [3.8, 4) is 0 Å². The van der Waals surface area contributed by atoms with Crippen LogP contribution in [-0.4, -0.2) is 20.9 Å². The fourth-order valence-corrected chi connectivity index (χ4v) is 2.27. The van der Waals surface area contributed by atoms with Gasteiger partial charge in [-0.15, -0.1) is 0 Å². The van der Waals surface area contributed by atoms with Crippen molar-refractivity contribution < 1.29 is 17.6 Å². The molecule has 0 radical (unpaired) electrons. The SMILES string of the molecule is NS(=O)(=O)c1ccc(C(=O)NCCC2CC2)c(F)c1. The second-order valence-corrected chi connectivity index (χ2v) is 6.24. The fraction of sp³-hybridized carbons (Fsp3) is 0.417. The number of benzene rings is 1. The lowest BCUT2D eigenvalue weighted by atomic mass is 10.2. The summed E-state index contributed by atoms with van der Waals surface area (Å²) >= 11 is 0. The highest BCUT2D eigenvalue weighted by atomic mass is 32.2. The van der Waals surface area contributed by atoms with Gasteiger partial charge in [0.15, 0.2) is 0 Å². The molecule has 0 bridgehead atoms. The van der Waals surface area contributed by atoms with Crippen LogP contribution in [0.3, 0.4) is 0 Å². The lowest BCUT2D eigenvalue weighted by Crippen LogP contribution is -2.26. The Labute approximate surface area is 111 Å². The van der Waals surface area contributed by atoms with Crippen molar-refractivity contribution in [1.29, 1.82) is 0 Å². The monoisotopic (exact) mass is 286 g/mol. The zero-order chi connectivity index (χ0) is 14.0. The number of hydrogen-bond acceptors (Lipinski definition) is 3. The van der Waals surface area contributed by atoms with Gasteiger partial charge in [-0.1, -0.05) is 12.8 Å². The molecule has 0 saturated heterocycles. The number of halogens is 1. The van der Waals surface area contributed by atoms with Crippen molar-refractivity contribution in [2.24, 2.45) is 11.1 Å². The second-order valence-electron chi connectivity index (χ2n) is 4.67. The fourth-order valence-electron chi connectivity index (χ4n) is 1.75. The van der Waals surface area contributed by atoms with E-state index in [-0.39, 0.29) is 10.5 Å². The molecule has 7 heteroatoms. The molecule has 1 saturated carbocycles. The third-order valence-electron chi connectivity index (χ3n) is 3.05. The van der Waals surface area contributed by atoms with Crippen LogP contribution in [-0.2, 0) is 10.0 Å². The molecule has 0 aromatic heterocycles. The Balaban J connectivity index is 2.04. The van der Waals surface area contributed by atoms with Gasteiger partial charge in [0.2, 0.25) is 10.0 Å². The smallest absolute Gasteiger partial charge is 0.254 e. The van der Waals surface area contributed by atoms with E-state index in [0.29, 0.717) is 12.5 Å². The van der Waals surface area contributed by atoms with E-state index in [2.05, 4.69) is 5.32 Å². The molecular weight excluding hydrogens is 271 g/mol. The molecule has 1 fully saturated rings. The maximum Gasteiger partial charge on any atom is 0.254 e. The van der Waals surface area contributed by atoms with Crippen LogP contribution >= 0.6 is 0 Å². The van der Waals surface area contributed by atoms with E-state index in [9.17, 15) is 17.6 Å². The highest BCUT2D eigenvalue weighted by Gasteiger charge is 2.21. The van der Waals surface area contributed by atoms with E-state index >= 15 is 0 Å². The van der Waals surface area contributed by atoms with Crippen molar-refractivity contribution in [1.82, 2.24) is 5.32 Å². The molecule has 0 aliphatic heterocycles. The minimum absolute atomic E-state index is 0.178. The molecule has 104 valence electrons. The molecule has 1 amide bonds. The van der Waals surface area contributed by atoms with E-state index in [0.717, 1.165) is 24.6 Å². The van der Waals surface area contributed by atoms with Crippen LogP contribution in [0, 0.1) is 11.7 Å². The molecule has 3 N–H and O–H groups in total. The van der Waals surface area contributed by atoms with Crippen molar-refractivity contribution in [3.63, 3.8) is 0 Å². The largest absolute Gasteiger partial charge is 0.352 e. The van der Waals surface area contributed by atoms with E-state index in [1.807, 2.05) is 0 Å². The van der Waals surface area contributed by atoms with Gasteiger partial charge in [-0.05, 0) is 30.5 Å². The normalized spacial score (nSPS) is 15.3. The Morgan fingerprint density at radius 1 is 1.42 bits per heavy atom. The molecule has 1 aliphatic carbocycles. The molecule has 1 aromatic carbocycles. The number of nitrogens with one attached hydrogen (secondary N) is 1. The third kappa shape index (κ3) is 3.74. The number of hydrogen-bond donors (Lipinski definition) is 2. The van der Waals surface area contributed by atoms with Gasteiger partial charge in [-0.2, -0.15) is 0 Å². The predicted molar refractivity (Wildman–Crippen MR) is 67.4 cm³/mol. The average molecular weight is 286 g/mol. The van der Waals surface area contributed by atoms with Crippen LogP contribution in [0.25, 0.3) is 0 Å². The van der Waals surface area contributed by atoms with E-state index in [1.165, 1.54) is 12.8 Å². The molecular formula is C12H15FN2O3S. The average Bonchev–Trinajstić information content (AvgIpc) is 3.11. The first kappa shape index (κ1) is 14.0. The van der Waals surface area contributed by atoms with Gasteiger partial charge in [0.1, 0.15) is 5.82 Å². The van der Waals surface area contributed by atoms with Gasteiger partial charge in [0, 0.05) is 6.54 Å². The first-order chi connectivity index (χ1) is 8.88. The highest BCUT2D eigenvalue weighted by molar-refractivity contribution is 7.89. The summed E-state index contributed by atoms with van der Waals surface area (Å²) < 4.78 is 35.7. The molecule has 0 unspecified atom stereocenters. The zero-order valence-electron chi connectivity index (χ0n) is 10.2. The van der Waals surface area contributed by atoms with Crippen molar-refractivity contribution in [2.75, 3.05) is 6.54 Å². The lowest BCUT2D eigenvalue weighted by Gasteiger charge is -2.06. The molecule has 1 aromatic rings. The number of rotatable bonds is 5. The van der Waals surface area contributed by atoms with Gasteiger partial charge < -0.3 is 5.32 Å². The van der Waals surface area contributed by atoms with Gasteiger partial charge in [-0.3, -0.25) is 4.79 Å². The number of carbonyl (C=O) groups excluding carboxylic acids is 1. The summed E-state index contributed by atoms with van der Waals surface area (Å²) in [6, 6.07) is 3.00. The molecule has 1 aliphatic rings. The van der Waals surface area contributed by atoms with Crippen LogP contribution in [0.2, 0.25) is 0 Å². The van der Waals surface area contributed by atoms with E-state index in [1.54, 1.807) is 0 Å². The maximum absolute atomic E-state index is 13.6. The summed E-state index contributed by atoms with van der Waals surface area (Å²) in [5, 5.41) is 7.49. The molecule has 2 rings (SSSR count). The van der Waals surface area contributed by atoms with Crippen molar-refractivity contribution in [2.45, 2.75) is 24.2 Å².